The average molecular weight is 373 g/mol. The maximum atomic E-state index is 12.2. The fraction of sp³-hybridized carbons (Fsp3) is 0.300. The molecule has 0 radical (unpaired) electrons. The Bertz CT molecular complexity index is 805. The van der Waals surface area contributed by atoms with Crippen LogP contribution in [0.3, 0.4) is 0 Å². The molecule has 0 aliphatic carbocycles. The summed E-state index contributed by atoms with van der Waals surface area (Å²) in [7, 11) is 4.62. The Morgan fingerprint density at radius 3 is 2.33 bits per heavy atom. The molecule has 0 saturated heterocycles. The van der Waals surface area contributed by atoms with Crippen molar-refractivity contribution in [3.8, 4) is 17.2 Å². The SMILES string of the molecule is COc1cccc(C(=O)OCC(=O)N[C@@H](C)c2cc(OC)ccc2OC)c1. The quantitative estimate of drug-likeness (QED) is 0.717. The Morgan fingerprint density at radius 1 is 0.963 bits per heavy atom. The van der Waals surface area contributed by atoms with Crippen LogP contribution in [0.15, 0.2) is 42.5 Å². The van der Waals surface area contributed by atoms with Gasteiger partial charge in [0.15, 0.2) is 6.61 Å². The highest BCUT2D eigenvalue weighted by atomic mass is 16.5. The van der Waals surface area contributed by atoms with Crippen LogP contribution in [0.25, 0.3) is 0 Å². The van der Waals surface area contributed by atoms with Gasteiger partial charge in [-0.05, 0) is 43.3 Å². The maximum Gasteiger partial charge on any atom is 0.338 e. The molecule has 144 valence electrons. The first-order valence-electron chi connectivity index (χ1n) is 8.31. The molecule has 0 aliphatic rings. The van der Waals surface area contributed by atoms with Gasteiger partial charge in [0, 0.05) is 5.56 Å². The summed E-state index contributed by atoms with van der Waals surface area (Å²) in [4.78, 5) is 24.2. The Morgan fingerprint density at radius 2 is 1.67 bits per heavy atom. The van der Waals surface area contributed by atoms with E-state index in [9.17, 15) is 9.59 Å². The Kier molecular flexibility index (Phi) is 7.05. The second-order valence-corrected chi connectivity index (χ2v) is 5.71. The Hall–Kier alpha value is -3.22. The van der Waals surface area contributed by atoms with Crippen molar-refractivity contribution < 1.29 is 28.5 Å². The molecular formula is C20H23NO6. The molecule has 1 N–H and O–H groups in total. The van der Waals surface area contributed by atoms with Gasteiger partial charge in [0.25, 0.3) is 5.91 Å². The number of ether oxygens (including phenoxy) is 4. The molecule has 0 aliphatic heterocycles. The van der Waals surface area contributed by atoms with Crippen LogP contribution in [0.2, 0.25) is 0 Å². The summed E-state index contributed by atoms with van der Waals surface area (Å²) in [5.74, 6) is 0.778. The molecule has 1 atom stereocenters. The number of benzene rings is 2. The predicted molar refractivity (Wildman–Crippen MR) is 99.4 cm³/mol. The largest absolute Gasteiger partial charge is 0.497 e. The fourth-order valence-electron chi connectivity index (χ4n) is 2.50. The van der Waals surface area contributed by atoms with Gasteiger partial charge in [0.05, 0.1) is 32.9 Å². The van der Waals surface area contributed by atoms with Gasteiger partial charge in [-0.2, -0.15) is 0 Å². The number of hydrogen-bond acceptors (Lipinski definition) is 6. The van der Waals surface area contributed by atoms with Gasteiger partial charge in [-0.3, -0.25) is 4.79 Å². The van der Waals surface area contributed by atoms with Gasteiger partial charge < -0.3 is 24.3 Å². The van der Waals surface area contributed by atoms with E-state index in [1.54, 1.807) is 63.6 Å². The third kappa shape index (κ3) is 5.37. The van der Waals surface area contributed by atoms with Crippen molar-refractivity contribution >= 4 is 11.9 Å². The van der Waals surface area contributed by atoms with E-state index in [1.165, 1.54) is 7.11 Å². The molecule has 7 nitrogen and oxygen atoms in total. The molecule has 0 spiro atoms. The minimum atomic E-state index is -0.601. The van der Waals surface area contributed by atoms with Crippen LogP contribution in [0.5, 0.6) is 17.2 Å². The minimum absolute atomic E-state index is 0.310. The van der Waals surface area contributed by atoms with Crippen LogP contribution in [0.1, 0.15) is 28.9 Å². The number of carbonyl (C=O) groups excluding carboxylic acids is 2. The monoisotopic (exact) mass is 373 g/mol. The first kappa shape index (κ1) is 20.1. The van der Waals surface area contributed by atoms with Crippen LogP contribution < -0.4 is 19.5 Å². The molecule has 2 aromatic rings. The number of nitrogens with one attached hydrogen (secondary N) is 1. The number of hydrogen-bond donors (Lipinski definition) is 1. The van der Waals surface area contributed by atoms with Gasteiger partial charge >= 0.3 is 5.97 Å². The smallest absolute Gasteiger partial charge is 0.338 e. The maximum absolute atomic E-state index is 12.2. The van der Waals surface area contributed by atoms with Gasteiger partial charge in [-0.1, -0.05) is 6.07 Å². The van der Waals surface area contributed by atoms with Crippen LogP contribution >= 0.6 is 0 Å². The van der Waals surface area contributed by atoms with Crippen molar-refractivity contribution in [3.05, 3.63) is 53.6 Å². The number of esters is 1. The van der Waals surface area contributed by atoms with E-state index in [1.807, 2.05) is 0 Å². The lowest BCUT2D eigenvalue weighted by Crippen LogP contribution is -2.31. The molecule has 2 aromatic carbocycles. The summed E-state index contributed by atoms with van der Waals surface area (Å²) in [6, 6.07) is 11.5. The predicted octanol–water partition coefficient (Wildman–Crippen LogP) is 2.75. The normalized spacial score (nSPS) is 11.3. The van der Waals surface area contributed by atoms with Gasteiger partial charge in [-0.25, -0.2) is 4.79 Å². The molecule has 0 fully saturated rings. The van der Waals surface area contributed by atoms with Crippen molar-refractivity contribution in [2.45, 2.75) is 13.0 Å². The molecule has 0 heterocycles. The van der Waals surface area contributed by atoms with E-state index in [2.05, 4.69) is 5.32 Å². The van der Waals surface area contributed by atoms with E-state index >= 15 is 0 Å². The van der Waals surface area contributed by atoms with Crippen LogP contribution in [0.4, 0.5) is 0 Å². The van der Waals surface area contributed by atoms with Gasteiger partial charge in [0.2, 0.25) is 0 Å². The summed E-state index contributed by atoms with van der Waals surface area (Å²) >= 11 is 0. The Balaban J connectivity index is 1.96. The number of amides is 1. The summed E-state index contributed by atoms with van der Waals surface area (Å²) in [5, 5.41) is 2.78. The zero-order chi connectivity index (χ0) is 19.8. The topological polar surface area (TPSA) is 83.1 Å². The lowest BCUT2D eigenvalue weighted by Gasteiger charge is -2.18. The molecule has 1 amide bonds. The Labute approximate surface area is 158 Å². The van der Waals surface area contributed by atoms with Crippen molar-refractivity contribution in [1.29, 1.82) is 0 Å². The van der Waals surface area contributed by atoms with Crippen LogP contribution in [-0.4, -0.2) is 39.8 Å². The zero-order valence-electron chi connectivity index (χ0n) is 15.8. The van der Waals surface area contributed by atoms with Crippen molar-refractivity contribution in [2.75, 3.05) is 27.9 Å². The van der Waals surface area contributed by atoms with Gasteiger partial charge in [-0.15, -0.1) is 0 Å². The molecule has 0 unspecified atom stereocenters. The summed E-state index contributed by atoms with van der Waals surface area (Å²) in [5.41, 5.74) is 1.06. The van der Waals surface area contributed by atoms with Gasteiger partial charge in [0.1, 0.15) is 17.2 Å². The van der Waals surface area contributed by atoms with Crippen molar-refractivity contribution in [3.63, 3.8) is 0 Å². The average Bonchev–Trinajstić information content (AvgIpc) is 2.71. The van der Waals surface area contributed by atoms with Crippen LogP contribution in [-0.2, 0) is 9.53 Å². The molecule has 0 bridgehead atoms. The van der Waals surface area contributed by atoms with Crippen molar-refractivity contribution in [1.82, 2.24) is 5.32 Å². The summed E-state index contributed by atoms with van der Waals surface area (Å²) in [6.07, 6.45) is 0. The lowest BCUT2D eigenvalue weighted by atomic mass is 10.1. The highest BCUT2D eigenvalue weighted by molar-refractivity contribution is 5.91. The summed E-state index contributed by atoms with van der Waals surface area (Å²) < 4.78 is 20.7. The van der Waals surface area contributed by atoms with E-state index in [4.69, 9.17) is 18.9 Å². The number of methoxy groups -OCH3 is 3. The van der Waals surface area contributed by atoms with E-state index < -0.39 is 18.5 Å². The second-order valence-electron chi connectivity index (χ2n) is 5.71. The molecule has 27 heavy (non-hydrogen) atoms. The van der Waals surface area contributed by atoms with E-state index in [0.29, 0.717) is 22.8 Å². The second kappa shape index (κ2) is 9.47. The van der Waals surface area contributed by atoms with E-state index in [-0.39, 0.29) is 6.04 Å². The molecule has 7 heteroatoms. The third-order valence-corrected chi connectivity index (χ3v) is 3.92. The zero-order valence-corrected chi connectivity index (χ0v) is 15.8. The van der Waals surface area contributed by atoms with Crippen LogP contribution in [0, 0.1) is 0 Å². The molecule has 0 saturated carbocycles. The fourth-order valence-corrected chi connectivity index (χ4v) is 2.50. The molecule has 2 rings (SSSR count). The van der Waals surface area contributed by atoms with Crippen molar-refractivity contribution in [2.24, 2.45) is 0 Å². The number of carbonyl (C=O) groups is 2. The lowest BCUT2D eigenvalue weighted by molar-refractivity contribution is -0.124. The highest BCUT2D eigenvalue weighted by Gasteiger charge is 2.17. The minimum Gasteiger partial charge on any atom is -0.497 e. The highest BCUT2D eigenvalue weighted by Crippen LogP contribution is 2.29. The molecular weight excluding hydrogens is 350 g/mol. The number of rotatable bonds is 8. The summed E-state index contributed by atoms with van der Waals surface area (Å²) in [6.45, 7) is 1.41. The standard InChI is InChI=1S/C20H23NO6/c1-13(17-11-16(25-3)8-9-18(17)26-4)21-19(22)12-27-20(23)14-6-5-7-15(10-14)24-2/h5-11,13H,12H2,1-4H3,(H,21,22)/t13-/m0/s1. The first-order valence-corrected chi connectivity index (χ1v) is 8.31. The first-order chi connectivity index (χ1) is 13.0. The third-order valence-electron chi connectivity index (χ3n) is 3.92. The molecule has 0 aromatic heterocycles. The van der Waals surface area contributed by atoms with E-state index in [0.717, 1.165) is 5.56 Å².